The number of pyridine rings is 1. The predicted octanol–water partition coefficient (Wildman–Crippen LogP) is 2.30. The van der Waals surface area contributed by atoms with Gasteiger partial charge in [-0.3, -0.25) is 0 Å². The smallest absolute Gasteiger partial charge is 0.147 e. The van der Waals surface area contributed by atoms with E-state index in [-0.39, 0.29) is 0 Å². The van der Waals surface area contributed by atoms with E-state index in [4.69, 9.17) is 17.3 Å². The summed E-state index contributed by atoms with van der Waals surface area (Å²) in [4.78, 5) is 6.33. The number of hydrogen-bond donors (Lipinski definition) is 1. The monoisotopic (exact) mass is 227 g/mol. The molecule has 2 N–H and O–H groups in total. The molecule has 0 atom stereocenters. The zero-order valence-electron chi connectivity index (χ0n) is 9.12. The maximum absolute atomic E-state index is 6.04. The lowest BCUT2D eigenvalue weighted by Crippen LogP contribution is -2.20. The van der Waals surface area contributed by atoms with Crippen LogP contribution in [0.15, 0.2) is 18.3 Å². The minimum atomic E-state index is 0.707. The van der Waals surface area contributed by atoms with Crippen molar-refractivity contribution in [2.75, 3.05) is 25.0 Å². The topological polar surface area (TPSA) is 42.1 Å². The van der Waals surface area contributed by atoms with Crippen LogP contribution in [0.1, 0.15) is 19.3 Å². The highest BCUT2D eigenvalue weighted by Crippen LogP contribution is 2.21. The molecular formula is C11H18ClN3. The summed E-state index contributed by atoms with van der Waals surface area (Å²) in [6, 6.07) is 3.70. The molecule has 0 saturated heterocycles. The van der Waals surface area contributed by atoms with Gasteiger partial charge in [-0.1, -0.05) is 18.0 Å². The van der Waals surface area contributed by atoms with Crippen LogP contribution in [0.3, 0.4) is 0 Å². The molecule has 0 aliphatic rings. The van der Waals surface area contributed by atoms with Gasteiger partial charge in [0.1, 0.15) is 5.82 Å². The van der Waals surface area contributed by atoms with Crippen molar-refractivity contribution in [3.8, 4) is 0 Å². The number of hydrogen-bond acceptors (Lipinski definition) is 3. The molecule has 4 heteroatoms. The molecule has 0 aromatic carbocycles. The van der Waals surface area contributed by atoms with E-state index in [2.05, 4.69) is 9.88 Å². The molecule has 0 aliphatic heterocycles. The highest BCUT2D eigenvalue weighted by Gasteiger charge is 2.05. The number of rotatable bonds is 6. The van der Waals surface area contributed by atoms with Gasteiger partial charge in [-0.25, -0.2) is 4.98 Å². The fraction of sp³-hybridized carbons (Fsp3) is 0.545. The number of nitrogens with two attached hydrogens (primary N) is 1. The Labute approximate surface area is 96.2 Å². The van der Waals surface area contributed by atoms with Crippen LogP contribution >= 0.6 is 11.6 Å². The molecule has 15 heavy (non-hydrogen) atoms. The molecule has 84 valence electrons. The van der Waals surface area contributed by atoms with Crippen molar-refractivity contribution in [2.24, 2.45) is 5.73 Å². The fourth-order valence-electron chi connectivity index (χ4n) is 1.43. The van der Waals surface area contributed by atoms with E-state index in [0.29, 0.717) is 5.02 Å². The first kappa shape index (κ1) is 12.3. The second-order valence-electron chi connectivity index (χ2n) is 3.58. The maximum atomic E-state index is 6.04. The maximum Gasteiger partial charge on any atom is 0.147 e. The van der Waals surface area contributed by atoms with Crippen molar-refractivity contribution >= 4 is 17.4 Å². The van der Waals surface area contributed by atoms with Crippen molar-refractivity contribution in [2.45, 2.75) is 19.3 Å². The second kappa shape index (κ2) is 6.64. The Bertz CT molecular complexity index is 291. The molecule has 1 aromatic rings. The van der Waals surface area contributed by atoms with Crippen molar-refractivity contribution in [3.05, 3.63) is 23.4 Å². The average Bonchev–Trinajstić information content (AvgIpc) is 2.25. The van der Waals surface area contributed by atoms with Crippen LogP contribution in [0.2, 0.25) is 5.02 Å². The molecular weight excluding hydrogens is 210 g/mol. The number of nitrogens with zero attached hydrogens (tertiary/aromatic N) is 2. The molecule has 0 fully saturated rings. The molecule has 0 bridgehead atoms. The van der Waals surface area contributed by atoms with Gasteiger partial charge in [-0.05, 0) is 31.5 Å². The van der Waals surface area contributed by atoms with E-state index in [1.165, 1.54) is 0 Å². The first-order valence-corrected chi connectivity index (χ1v) is 5.65. The normalized spacial score (nSPS) is 10.3. The summed E-state index contributed by atoms with van der Waals surface area (Å²) in [5.74, 6) is 0.854. The summed E-state index contributed by atoms with van der Waals surface area (Å²) in [5.41, 5.74) is 5.43. The Balaban J connectivity index is 2.40. The summed E-state index contributed by atoms with van der Waals surface area (Å²) in [6.07, 6.45) is 5.13. The summed E-state index contributed by atoms with van der Waals surface area (Å²) in [5, 5.41) is 0.707. The Morgan fingerprint density at radius 1 is 1.40 bits per heavy atom. The van der Waals surface area contributed by atoms with Gasteiger partial charge in [0.15, 0.2) is 0 Å². The lowest BCUT2D eigenvalue weighted by molar-refractivity contribution is 0.676. The van der Waals surface area contributed by atoms with Crippen LogP contribution < -0.4 is 10.6 Å². The van der Waals surface area contributed by atoms with Gasteiger partial charge in [0, 0.05) is 19.8 Å². The number of anilines is 1. The summed E-state index contributed by atoms with van der Waals surface area (Å²) >= 11 is 6.04. The van der Waals surface area contributed by atoms with Gasteiger partial charge in [0.25, 0.3) is 0 Å². The molecule has 0 unspecified atom stereocenters. The zero-order valence-corrected chi connectivity index (χ0v) is 9.87. The van der Waals surface area contributed by atoms with Crippen LogP contribution in [0.25, 0.3) is 0 Å². The van der Waals surface area contributed by atoms with E-state index in [9.17, 15) is 0 Å². The molecule has 0 aliphatic carbocycles. The van der Waals surface area contributed by atoms with Crippen molar-refractivity contribution < 1.29 is 0 Å². The molecule has 0 saturated carbocycles. The van der Waals surface area contributed by atoms with Crippen LogP contribution in [0.4, 0.5) is 5.82 Å². The summed E-state index contributed by atoms with van der Waals surface area (Å²) < 4.78 is 0. The molecule has 3 nitrogen and oxygen atoms in total. The van der Waals surface area contributed by atoms with E-state index in [0.717, 1.165) is 38.2 Å². The van der Waals surface area contributed by atoms with Gasteiger partial charge >= 0.3 is 0 Å². The number of halogens is 1. The van der Waals surface area contributed by atoms with E-state index < -0.39 is 0 Å². The lowest BCUT2D eigenvalue weighted by atomic mass is 10.2. The van der Waals surface area contributed by atoms with Crippen LogP contribution in [-0.2, 0) is 0 Å². The minimum Gasteiger partial charge on any atom is -0.358 e. The first-order valence-electron chi connectivity index (χ1n) is 5.27. The van der Waals surface area contributed by atoms with Gasteiger partial charge < -0.3 is 10.6 Å². The Kier molecular flexibility index (Phi) is 5.43. The summed E-state index contributed by atoms with van der Waals surface area (Å²) in [7, 11) is 2.01. The molecule has 1 heterocycles. The van der Waals surface area contributed by atoms with Crippen molar-refractivity contribution in [3.63, 3.8) is 0 Å². The molecule has 1 aromatic heterocycles. The standard InChI is InChI=1S/C11H18ClN3/c1-15(9-4-2-3-7-13)11-10(12)6-5-8-14-11/h5-6,8H,2-4,7,9,13H2,1H3. The zero-order chi connectivity index (χ0) is 11.1. The first-order chi connectivity index (χ1) is 7.25. The molecule has 0 amide bonds. The Morgan fingerprint density at radius 3 is 2.87 bits per heavy atom. The largest absolute Gasteiger partial charge is 0.358 e. The third kappa shape index (κ3) is 4.06. The highest BCUT2D eigenvalue weighted by atomic mass is 35.5. The quantitative estimate of drug-likeness (QED) is 0.759. The van der Waals surface area contributed by atoms with E-state index in [1.807, 2.05) is 19.2 Å². The fourth-order valence-corrected chi connectivity index (χ4v) is 1.70. The van der Waals surface area contributed by atoms with Gasteiger partial charge in [-0.2, -0.15) is 0 Å². The Hall–Kier alpha value is -0.800. The predicted molar refractivity (Wildman–Crippen MR) is 65.4 cm³/mol. The molecule has 0 spiro atoms. The van der Waals surface area contributed by atoms with Crippen LogP contribution in [0.5, 0.6) is 0 Å². The number of aromatic nitrogens is 1. The second-order valence-corrected chi connectivity index (χ2v) is 3.99. The van der Waals surface area contributed by atoms with Crippen molar-refractivity contribution in [1.29, 1.82) is 0 Å². The third-order valence-electron chi connectivity index (χ3n) is 2.30. The lowest BCUT2D eigenvalue weighted by Gasteiger charge is -2.18. The van der Waals surface area contributed by atoms with E-state index >= 15 is 0 Å². The average molecular weight is 228 g/mol. The van der Waals surface area contributed by atoms with Crippen molar-refractivity contribution in [1.82, 2.24) is 4.98 Å². The molecule has 1 rings (SSSR count). The summed E-state index contributed by atoms with van der Waals surface area (Å²) in [6.45, 7) is 1.74. The minimum absolute atomic E-state index is 0.707. The molecule has 0 radical (unpaired) electrons. The van der Waals surface area contributed by atoms with Gasteiger partial charge in [-0.15, -0.1) is 0 Å². The van der Waals surface area contributed by atoms with Crippen LogP contribution in [0, 0.1) is 0 Å². The van der Waals surface area contributed by atoms with Crippen LogP contribution in [-0.4, -0.2) is 25.1 Å². The highest BCUT2D eigenvalue weighted by molar-refractivity contribution is 6.32. The Morgan fingerprint density at radius 2 is 2.20 bits per heavy atom. The van der Waals surface area contributed by atoms with Gasteiger partial charge in [0.05, 0.1) is 5.02 Å². The van der Waals surface area contributed by atoms with Gasteiger partial charge in [0.2, 0.25) is 0 Å². The number of unbranched alkanes of at least 4 members (excludes halogenated alkanes) is 2. The third-order valence-corrected chi connectivity index (χ3v) is 2.59. The van der Waals surface area contributed by atoms with E-state index in [1.54, 1.807) is 6.20 Å². The SMILES string of the molecule is CN(CCCCCN)c1ncccc1Cl.